The van der Waals surface area contributed by atoms with Crippen LogP contribution in [0.2, 0.25) is 0 Å². The zero-order chi connectivity index (χ0) is 23.3. The number of nitrogens with zero attached hydrogens (tertiary/aromatic N) is 3. The predicted octanol–water partition coefficient (Wildman–Crippen LogP) is 7.25. The Hall–Kier alpha value is -3.80. The second-order valence-corrected chi connectivity index (χ2v) is 7.73. The van der Waals surface area contributed by atoms with Gasteiger partial charge < -0.3 is 9.80 Å². The summed E-state index contributed by atoms with van der Waals surface area (Å²) in [6.07, 6.45) is -1.80. The van der Waals surface area contributed by atoms with E-state index in [0.717, 1.165) is 41.8 Å². The largest absolute Gasteiger partial charge is 0.416 e. The molecule has 168 valence electrons. The first-order valence-electron chi connectivity index (χ1n) is 10.7. The van der Waals surface area contributed by atoms with Crippen molar-refractivity contribution in [3.05, 3.63) is 115 Å². The second kappa shape index (κ2) is 9.77. The maximum Gasteiger partial charge on any atom is 0.416 e. The Morgan fingerprint density at radius 2 is 1.33 bits per heavy atom. The third kappa shape index (κ3) is 5.52. The van der Waals surface area contributed by atoms with Gasteiger partial charge in [0.05, 0.1) is 5.56 Å². The predicted molar refractivity (Wildman–Crippen MR) is 127 cm³/mol. The highest BCUT2D eigenvalue weighted by Crippen LogP contribution is 2.38. The van der Waals surface area contributed by atoms with Crippen molar-refractivity contribution in [2.45, 2.75) is 12.6 Å². The Labute approximate surface area is 191 Å². The number of para-hydroxylation sites is 1. The summed E-state index contributed by atoms with van der Waals surface area (Å²) in [6.45, 7) is 0.798. The van der Waals surface area contributed by atoms with Crippen LogP contribution in [-0.4, -0.2) is 18.6 Å². The molecule has 0 saturated heterocycles. The zero-order valence-corrected chi connectivity index (χ0v) is 18.2. The number of hydrogen-bond acceptors (Lipinski definition) is 3. The molecule has 0 N–H and O–H groups in total. The van der Waals surface area contributed by atoms with Crippen LogP contribution in [0.3, 0.4) is 0 Å². The molecular formula is C27H24F3N3. The van der Waals surface area contributed by atoms with E-state index in [0.29, 0.717) is 5.69 Å². The van der Waals surface area contributed by atoms with Crippen molar-refractivity contribution in [2.75, 3.05) is 23.4 Å². The Bertz CT molecular complexity index is 1160. The summed E-state index contributed by atoms with van der Waals surface area (Å²) in [7, 11) is 2.01. The van der Waals surface area contributed by atoms with Gasteiger partial charge in [-0.2, -0.15) is 13.2 Å². The highest BCUT2D eigenvalue weighted by molar-refractivity contribution is 5.77. The molecule has 0 saturated carbocycles. The molecule has 0 fully saturated rings. The number of halogens is 3. The van der Waals surface area contributed by atoms with E-state index in [1.54, 1.807) is 12.3 Å². The molecule has 0 bridgehead atoms. The van der Waals surface area contributed by atoms with Gasteiger partial charge in [0.2, 0.25) is 0 Å². The third-order valence-corrected chi connectivity index (χ3v) is 5.42. The standard InChI is InChI=1S/C27H24F3N3/c1-32(19-17-22-9-5-6-18-31-22)23-13-15-25(16-14-23)33(24-10-3-2-4-11-24)26-12-7-8-21(20-26)27(28,29)30/h2-16,18,20H,17,19H2,1H3. The van der Waals surface area contributed by atoms with Crippen LogP contribution in [-0.2, 0) is 12.6 Å². The van der Waals surface area contributed by atoms with Crippen molar-refractivity contribution in [3.63, 3.8) is 0 Å². The number of benzene rings is 3. The molecule has 1 aromatic heterocycles. The minimum Gasteiger partial charge on any atom is -0.374 e. The fourth-order valence-electron chi connectivity index (χ4n) is 3.66. The molecule has 0 amide bonds. The lowest BCUT2D eigenvalue weighted by Gasteiger charge is -2.27. The molecule has 4 aromatic rings. The molecule has 3 nitrogen and oxygen atoms in total. The SMILES string of the molecule is CN(CCc1ccccn1)c1ccc(N(c2ccccc2)c2cccc(C(F)(F)F)c2)cc1. The normalized spacial score (nSPS) is 11.3. The van der Waals surface area contributed by atoms with E-state index in [2.05, 4.69) is 9.88 Å². The van der Waals surface area contributed by atoms with E-state index in [4.69, 9.17) is 0 Å². The molecular weight excluding hydrogens is 423 g/mol. The molecule has 0 aliphatic heterocycles. The van der Waals surface area contributed by atoms with E-state index in [1.165, 1.54) is 12.1 Å². The third-order valence-electron chi connectivity index (χ3n) is 5.42. The number of rotatable bonds is 7. The van der Waals surface area contributed by atoms with E-state index in [-0.39, 0.29) is 0 Å². The second-order valence-electron chi connectivity index (χ2n) is 7.73. The number of anilines is 4. The summed E-state index contributed by atoms with van der Waals surface area (Å²) >= 11 is 0. The first-order valence-corrected chi connectivity index (χ1v) is 10.7. The van der Waals surface area contributed by atoms with Gasteiger partial charge in [-0.15, -0.1) is 0 Å². The minimum atomic E-state index is -4.40. The van der Waals surface area contributed by atoms with Crippen LogP contribution < -0.4 is 9.80 Å². The number of likely N-dealkylation sites (N-methyl/N-ethyl adjacent to an activating group) is 1. The van der Waals surface area contributed by atoms with Crippen molar-refractivity contribution < 1.29 is 13.2 Å². The van der Waals surface area contributed by atoms with Gasteiger partial charge in [-0.1, -0.05) is 30.3 Å². The molecule has 6 heteroatoms. The van der Waals surface area contributed by atoms with Crippen molar-refractivity contribution in [1.82, 2.24) is 4.98 Å². The van der Waals surface area contributed by atoms with Crippen molar-refractivity contribution >= 4 is 22.7 Å². The number of pyridine rings is 1. The van der Waals surface area contributed by atoms with E-state index >= 15 is 0 Å². The van der Waals surface area contributed by atoms with Crippen molar-refractivity contribution in [1.29, 1.82) is 0 Å². The number of aromatic nitrogens is 1. The van der Waals surface area contributed by atoms with Crippen molar-refractivity contribution in [2.24, 2.45) is 0 Å². The average Bonchev–Trinajstić information content (AvgIpc) is 2.84. The molecule has 0 unspecified atom stereocenters. The number of hydrogen-bond donors (Lipinski definition) is 0. The quantitative estimate of drug-likeness (QED) is 0.297. The minimum absolute atomic E-state index is 0.451. The van der Waals surface area contributed by atoms with E-state index in [9.17, 15) is 13.2 Å². The van der Waals surface area contributed by atoms with Crippen molar-refractivity contribution in [3.8, 4) is 0 Å². The summed E-state index contributed by atoms with van der Waals surface area (Å²) in [5, 5.41) is 0. The maximum atomic E-state index is 13.3. The van der Waals surface area contributed by atoms with Gasteiger partial charge in [0, 0.05) is 54.7 Å². The van der Waals surface area contributed by atoms with Crippen LogP contribution in [0, 0.1) is 0 Å². The van der Waals surface area contributed by atoms with Gasteiger partial charge in [-0.25, -0.2) is 0 Å². The van der Waals surface area contributed by atoms with Gasteiger partial charge in [0.25, 0.3) is 0 Å². The maximum absolute atomic E-state index is 13.3. The molecule has 0 aliphatic rings. The molecule has 0 radical (unpaired) electrons. The zero-order valence-electron chi connectivity index (χ0n) is 18.2. The Kier molecular flexibility index (Phi) is 6.63. The Morgan fingerprint density at radius 3 is 2.00 bits per heavy atom. The summed E-state index contributed by atoms with van der Waals surface area (Å²) in [6, 6.07) is 28.5. The van der Waals surface area contributed by atoms with Crippen LogP contribution in [0.25, 0.3) is 0 Å². The summed E-state index contributed by atoms with van der Waals surface area (Å²) in [5.74, 6) is 0. The molecule has 3 aromatic carbocycles. The first-order chi connectivity index (χ1) is 15.9. The molecule has 0 spiro atoms. The molecule has 1 heterocycles. The van der Waals surface area contributed by atoms with Gasteiger partial charge in [0.15, 0.2) is 0 Å². The van der Waals surface area contributed by atoms with Crippen LogP contribution in [0.15, 0.2) is 103 Å². The molecule has 0 atom stereocenters. The lowest BCUT2D eigenvalue weighted by molar-refractivity contribution is -0.137. The van der Waals surface area contributed by atoms with Gasteiger partial charge in [-0.05, 0) is 66.7 Å². The smallest absolute Gasteiger partial charge is 0.374 e. The topological polar surface area (TPSA) is 19.4 Å². The average molecular weight is 448 g/mol. The van der Waals surface area contributed by atoms with Gasteiger partial charge in [0.1, 0.15) is 0 Å². The Morgan fingerprint density at radius 1 is 0.697 bits per heavy atom. The lowest BCUT2D eigenvalue weighted by atomic mass is 10.1. The number of alkyl halides is 3. The van der Waals surface area contributed by atoms with Crippen LogP contribution in [0.5, 0.6) is 0 Å². The molecule has 33 heavy (non-hydrogen) atoms. The van der Waals surface area contributed by atoms with E-state index in [1.807, 2.05) is 84.7 Å². The highest BCUT2D eigenvalue weighted by Gasteiger charge is 2.31. The van der Waals surface area contributed by atoms with Crippen LogP contribution in [0.1, 0.15) is 11.3 Å². The summed E-state index contributed by atoms with van der Waals surface area (Å²) < 4.78 is 40.0. The monoisotopic (exact) mass is 447 g/mol. The first kappa shape index (κ1) is 22.4. The van der Waals surface area contributed by atoms with Gasteiger partial charge >= 0.3 is 6.18 Å². The lowest BCUT2D eigenvalue weighted by Crippen LogP contribution is -2.20. The fraction of sp³-hybridized carbons (Fsp3) is 0.148. The van der Waals surface area contributed by atoms with Crippen LogP contribution >= 0.6 is 0 Å². The summed E-state index contributed by atoms with van der Waals surface area (Å²) in [5.41, 5.74) is 3.39. The van der Waals surface area contributed by atoms with E-state index < -0.39 is 11.7 Å². The fourth-order valence-corrected chi connectivity index (χ4v) is 3.66. The molecule has 4 rings (SSSR count). The Balaban J connectivity index is 1.61. The highest BCUT2D eigenvalue weighted by atomic mass is 19.4. The van der Waals surface area contributed by atoms with Crippen LogP contribution in [0.4, 0.5) is 35.9 Å². The summed E-state index contributed by atoms with van der Waals surface area (Å²) in [4.78, 5) is 8.32. The molecule has 0 aliphatic carbocycles. The van der Waals surface area contributed by atoms with Gasteiger partial charge in [-0.3, -0.25) is 4.98 Å².